The van der Waals surface area contributed by atoms with Crippen molar-refractivity contribution in [2.45, 2.75) is 90.4 Å². The molecule has 0 aliphatic rings. The zero-order valence-corrected chi connectivity index (χ0v) is 14.6. The molecule has 0 saturated carbocycles. The molecule has 0 heterocycles. The molecule has 4 heteroatoms. The Morgan fingerprint density at radius 2 is 1.13 bits per heavy atom. The summed E-state index contributed by atoms with van der Waals surface area (Å²) in [5.41, 5.74) is 0. The van der Waals surface area contributed by atoms with Crippen molar-refractivity contribution in [1.29, 1.82) is 0 Å². The van der Waals surface area contributed by atoms with Gasteiger partial charge in [-0.05, 0) is 12.8 Å². The van der Waals surface area contributed by atoms with Crippen LogP contribution >= 0.6 is 0 Å². The van der Waals surface area contributed by atoms with Crippen molar-refractivity contribution in [2.24, 2.45) is 5.92 Å². The SMILES string of the molecule is CCCCCCCCCCCCCC/C=C/C(C(=O)O)C(=O)O. The minimum Gasteiger partial charge on any atom is -0.480 e. The molecule has 0 rings (SSSR count). The number of allylic oxidation sites excluding steroid dienone is 1. The van der Waals surface area contributed by atoms with Crippen LogP contribution in [0, 0.1) is 5.92 Å². The van der Waals surface area contributed by atoms with E-state index in [9.17, 15) is 9.59 Å². The number of unbranched alkanes of at least 4 members (excludes halogenated alkanes) is 12. The Balaban J connectivity index is 3.36. The Morgan fingerprint density at radius 1 is 0.739 bits per heavy atom. The van der Waals surface area contributed by atoms with Crippen molar-refractivity contribution in [2.75, 3.05) is 0 Å². The first-order chi connectivity index (χ1) is 11.1. The van der Waals surface area contributed by atoms with E-state index in [4.69, 9.17) is 10.2 Å². The second kappa shape index (κ2) is 15.6. The average Bonchev–Trinajstić information content (AvgIpc) is 2.50. The summed E-state index contributed by atoms with van der Waals surface area (Å²) in [6, 6.07) is 0. The summed E-state index contributed by atoms with van der Waals surface area (Å²) in [6.07, 6.45) is 19.2. The van der Waals surface area contributed by atoms with Crippen LogP contribution in [0.1, 0.15) is 90.4 Å². The maximum atomic E-state index is 10.7. The molecule has 0 aliphatic heterocycles. The number of hydrogen-bond donors (Lipinski definition) is 2. The predicted molar refractivity (Wildman–Crippen MR) is 93.6 cm³/mol. The first-order valence-corrected chi connectivity index (χ1v) is 9.21. The Morgan fingerprint density at radius 3 is 1.52 bits per heavy atom. The number of aliphatic carboxylic acids is 2. The van der Waals surface area contributed by atoms with Gasteiger partial charge < -0.3 is 10.2 Å². The van der Waals surface area contributed by atoms with Crippen LogP contribution < -0.4 is 0 Å². The predicted octanol–water partition coefficient (Wildman–Crippen LogP) is 5.42. The van der Waals surface area contributed by atoms with E-state index < -0.39 is 17.9 Å². The van der Waals surface area contributed by atoms with Gasteiger partial charge in [-0.25, -0.2) is 0 Å². The van der Waals surface area contributed by atoms with Crippen molar-refractivity contribution in [3.63, 3.8) is 0 Å². The van der Waals surface area contributed by atoms with Crippen LogP contribution in [0.4, 0.5) is 0 Å². The highest BCUT2D eigenvalue weighted by atomic mass is 16.4. The molecule has 0 aromatic heterocycles. The third-order valence-electron chi connectivity index (χ3n) is 4.08. The summed E-state index contributed by atoms with van der Waals surface area (Å²) < 4.78 is 0. The van der Waals surface area contributed by atoms with Gasteiger partial charge in [-0.3, -0.25) is 9.59 Å². The second-order valence-electron chi connectivity index (χ2n) is 6.26. The Hall–Kier alpha value is -1.32. The van der Waals surface area contributed by atoms with Gasteiger partial charge in [0, 0.05) is 0 Å². The minimum atomic E-state index is -1.41. The summed E-state index contributed by atoms with van der Waals surface area (Å²) in [4.78, 5) is 21.3. The lowest BCUT2D eigenvalue weighted by Gasteiger charge is -2.02. The summed E-state index contributed by atoms with van der Waals surface area (Å²) in [6.45, 7) is 2.24. The van der Waals surface area contributed by atoms with E-state index >= 15 is 0 Å². The molecule has 0 spiro atoms. The smallest absolute Gasteiger partial charge is 0.321 e. The van der Waals surface area contributed by atoms with Crippen molar-refractivity contribution in [3.8, 4) is 0 Å². The molecular formula is C19H34O4. The van der Waals surface area contributed by atoms with Crippen LogP contribution in [0.15, 0.2) is 12.2 Å². The van der Waals surface area contributed by atoms with Gasteiger partial charge in [0.2, 0.25) is 0 Å². The summed E-state index contributed by atoms with van der Waals surface area (Å²) in [5, 5.41) is 17.4. The lowest BCUT2D eigenvalue weighted by atomic mass is 10.0. The maximum absolute atomic E-state index is 10.7. The van der Waals surface area contributed by atoms with E-state index in [2.05, 4.69) is 6.92 Å². The number of hydrogen-bond acceptors (Lipinski definition) is 2. The van der Waals surface area contributed by atoms with Crippen LogP contribution in [-0.4, -0.2) is 22.2 Å². The fraction of sp³-hybridized carbons (Fsp3) is 0.789. The number of carboxylic acid groups (broad SMARTS) is 2. The molecule has 0 fully saturated rings. The van der Waals surface area contributed by atoms with Gasteiger partial charge in [-0.15, -0.1) is 0 Å². The number of carbonyl (C=O) groups is 2. The monoisotopic (exact) mass is 326 g/mol. The quantitative estimate of drug-likeness (QED) is 0.226. The normalized spacial score (nSPS) is 11.4. The molecule has 0 atom stereocenters. The second-order valence-corrected chi connectivity index (χ2v) is 6.26. The average molecular weight is 326 g/mol. The van der Waals surface area contributed by atoms with Crippen LogP contribution in [0.2, 0.25) is 0 Å². The van der Waals surface area contributed by atoms with Gasteiger partial charge in [0.05, 0.1) is 0 Å². The maximum Gasteiger partial charge on any atom is 0.321 e. The molecule has 23 heavy (non-hydrogen) atoms. The summed E-state index contributed by atoms with van der Waals surface area (Å²) >= 11 is 0. The van der Waals surface area contributed by atoms with E-state index in [-0.39, 0.29) is 0 Å². The molecule has 134 valence electrons. The zero-order chi connectivity index (χ0) is 17.3. The highest BCUT2D eigenvalue weighted by molar-refractivity contribution is 5.94. The van der Waals surface area contributed by atoms with Crippen molar-refractivity contribution < 1.29 is 19.8 Å². The fourth-order valence-electron chi connectivity index (χ4n) is 2.61. The largest absolute Gasteiger partial charge is 0.480 e. The molecule has 2 N–H and O–H groups in total. The third kappa shape index (κ3) is 14.0. The first kappa shape index (κ1) is 21.7. The van der Waals surface area contributed by atoms with Crippen molar-refractivity contribution in [1.82, 2.24) is 0 Å². The van der Waals surface area contributed by atoms with Gasteiger partial charge in [0.15, 0.2) is 5.92 Å². The fourth-order valence-corrected chi connectivity index (χ4v) is 2.61. The topological polar surface area (TPSA) is 74.6 Å². The zero-order valence-electron chi connectivity index (χ0n) is 14.6. The van der Waals surface area contributed by atoms with Crippen molar-refractivity contribution in [3.05, 3.63) is 12.2 Å². The van der Waals surface area contributed by atoms with Crippen LogP contribution in [0.25, 0.3) is 0 Å². The molecule has 0 bridgehead atoms. The molecule has 0 aromatic rings. The highest BCUT2D eigenvalue weighted by Crippen LogP contribution is 2.12. The molecule has 0 radical (unpaired) electrons. The lowest BCUT2D eigenvalue weighted by molar-refractivity contribution is -0.151. The van der Waals surface area contributed by atoms with E-state index in [1.807, 2.05) is 0 Å². The van der Waals surface area contributed by atoms with Crippen LogP contribution in [0.3, 0.4) is 0 Å². The summed E-state index contributed by atoms with van der Waals surface area (Å²) in [7, 11) is 0. The minimum absolute atomic E-state index is 0.758. The van der Waals surface area contributed by atoms with E-state index in [1.165, 1.54) is 70.3 Å². The highest BCUT2D eigenvalue weighted by Gasteiger charge is 2.21. The molecular weight excluding hydrogens is 292 g/mol. The van der Waals surface area contributed by atoms with Crippen LogP contribution in [-0.2, 0) is 9.59 Å². The van der Waals surface area contributed by atoms with Crippen LogP contribution in [0.5, 0.6) is 0 Å². The Labute approximate surface area is 141 Å². The van der Waals surface area contributed by atoms with Gasteiger partial charge in [0.1, 0.15) is 0 Å². The van der Waals surface area contributed by atoms with E-state index in [0.717, 1.165) is 19.3 Å². The third-order valence-corrected chi connectivity index (χ3v) is 4.08. The van der Waals surface area contributed by atoms with Crippen molar-refractivity contribution >= 4 is 11.9 Å². The van der Waals surface area contributed by atoms with Gasteiger partial charge >= 0.3 is 11.9 Å². The number of rotatable bonds is 16. The molecule has 0 unspecified atom stereocenters. The summed E-state index contributed by atoms with van der Waals surface area (Å²) in [5.74, 6) is -4.01. The molecule has 0 aromatic carbocycles. The first-order valence-electron chi connectivity index (χ1n) is 9.21. The lowest BCUT2D eigenvalue weighted by Crippen LogP contribution is -2.20. The Kier molecular flexibility index (Phi) is 14.7. The molecule has 0 amide bonds. The molecule has 0 aliphatic carbocycles. The van der Waals surface area contributed by atoms with Gasteiger partial charge in [-0.2, -0.15) is 0 Å². The van der Waals surface area contributed by atoms with E-state index in [0.29, 0.717) is 0 Å². The Bertz CT molecular complexity index is 322. The standard InChI is InChI=1S/C19H34O4/c1-2-3-4-5-6-7-8-9-10-11-12-13-14-15-16-17(18(20)21)19(22)23/h15-17H,2-14H2,1H3,(H,20,21)(H,22,23)/b16-15+. The van der Waals surface area contributed by atoms with Gasteiger partial charge in [0.25, 0.3) is 0 Å². The van der Waals surface area contributed by atoms with Gasteiger partial charge in [-0.1, -0.05) is 89.7 Å². The van der Waals surface area contributed by atoms with E-state index in [1.54, 1.807) is 6.08 Å². The molecule has 0 saturated heterocycles. The molecule has 4 nitrogen and oxygen atoms in total. The number of carboxylic acids is 2.